The monoisotopic (exact) mass is 291 g/mol. The molecular weight excluding hydrogens is 266 g/mol. The van der Waals surface area contributed by atoms with Crippen molar-refractivity contribution >= 4 is 11.8 Å². The second-order valence-corrected chi connectivity index (χ2v) is 6.27. The van der Waals surface area contributed by atoms with Gasteiger partial charge in [-0.2, -0.15) is 5.26 Å². The number of nitrogens with zero attached hydrogens (tertiary/aromatic N) is 2. The number of aryl methyl sites for hydroxylation is 2. The van der Waals surface area contributed by atoms with Gasteiger partial charge in [0, 0.05) is 5.69 Å². The third kappa shape index (κ3) is 5.15. The first-order valence-corrected chi connectivity index (χ1v) is 8.28. The smallest absolute Gasteiger partial charge is 0.106 e. The van der Waals surface area contributed by atoms with E-state index in [1.807, 2.05) is 6.92 Å². The molecule has 1 unspecified atom stereocenters. The largest absolute Gasteiger partial charge is 0.300 e. The summed E-state index contributed by atoms with van der Waals surface area (Å²) < 4.78 is 0. The van der Waals surface area contributed by atoms with Gasteiger partial charge < -0.3 is 0 Å². The predicted molar refractivity (Wildman–Crippen MR) is 86.0 cm³/mol. The van der Waals surface area contributed by atoms with E-state index in [1.165, 1.54) is 5.56 Å². The van der Waals surface area contributed by atoms with E-state index < -0.39 is 0 Å². The van der Waals surface area contributed by atoms with Crippen LogP contribution in [-0.4, -0.2) is 22.8 Å². The van der Waals surface area contributed by atoms with Crippen molar-refractivity contribution in [3.8, 4) is 6.07 Å². The third-order valence-corrected chi connectivity index (χ3v) is 4.40. The van der Waals surface area contributed by atoms with E-state index in [0.29, 0.717) is 0 Å². The maximum absolute atomic E-state index is 9.37. The van der Waals surface area contributed by atoms with Crippen LogP contribution in [0.2, 0.25) is 0 Å². The standard InChI is InChI=1S/C16H25N3S/c1-5-16(12-17,18-6-2)8-7-9-20-15-11-13(3)10-14(4)19-15/h10-11,18H,5-9H2,1-4H3. The Balaban J connectivity index is 2.46. The number of hydrogen-bond donors (Lipinski definition) is 1. The molecule has 1 rings (SSSR count). The van der Waals surface area contributed by atoms with E-state index in [-0.39, 0.29) is 5.54 Å². The Kier molecular flexibility index (Phi) is 7.04. The average Bonchev–Trinajstić information content (AvgIpc) is 2.41. The Morgan fingerprint density at radius 2 is 2.10 bits per heavy atom. The molecule has 20 heavy (non-hydrogen) atoms. The van der Waals surface area contributed by atoms with Crippen LogP contribution in [0, 0.1) is 25.2 Å². The lowest BCUT2D eigenvalue weighted by Crippen LogP contribution is -2.43. The topological polar surface area (TPSA) is 48.7 Å². The van der Waals surface area contributed by atoms with Gasteiger partial charge in [0.05, 0.1) is 11.1 Å². The Morgan fingerprint density at radius 3 is 2.65 bits per heavy atom. The summed E-state index contributed by atoms with van der Waals surface area (Å²) >= 11 is 1.78. The molecule has 0 radical (unpaired) electrons. The number of pyridine rings is 1. The third-order valence-electron chi connectivity index (χ3n) is 3.40. The molecular formula is C16H25N3S. The van der Waals surface area contributed by atoms with Crippen LogP contribution in [0.15, 0.2) is 17.2 Å². The number of thioether (sulfide) groups is 1. The molecule has 1 aromatic rings. The molecule has 0 bridgehead atoms. The molecule has 0 aliphatic heterocycles. The molecule has 1 atom stereocenters. The lowest BCUT2D eigenvalue weighted by Gasteiger charge is -2.25. The maximum atomic E-state index is 9.37. The highest BCUT2D eigenvalue weighted by Gasteiger charge is 2.25. The van der Waals surface area contributed by atoms with Crippen molar-refractivity contribution in [2.45, 2.75) is 57.5 Å². The summed E-state index contributed by atoms with van der Waals surface area (Å²) in [6, 6.07) is 6.66. The Morgan fingerprint density at radius 1 is 1.35 bits per heavy atom. The van der Waals surface area contributed by atoms with Crippen molar-refractivity contribution in [1.29, 1.82) is 5.26 Å². The van der Waals surface area contributed by atoms with Crippen LogP contribution in [0.4, 0.5) is 0 Å². The fourth-order valence-corrected chi connectivity index (χ4v) is 3.31. The van der Waals surface area contributed by atoms with Crippen molar-refractivity contribution in [3.05, 3.63) is 23.4 Å². The molecule has 1 aromatic heterocycles. The first-order chi connectivity index (χ1) is 9.55. The highest BCUT2D eigenvalue weighted by molar-refractivity contribution is 7.99. The highest BCUT2D eigenvalue weighted by Crippen LogP contribution is 2.22. The number of rotatable bonds is 8. The van der Waals surface area contributed by atoms with E-state index in [0.717, 1.165) is 42.3 Å². The minimum atomic E-state index is -0.356. The van der Waals surface area contributed by atoms with Gasteiger partial charge in [-0.15, -0.1) is 11.8 Å². The van der Waals surface area contributed by atoms with E-state index in [9.17, 15) is 5.26 Å². The van der Waals surface area contributed by atoms with Gasteiger partial charge in [0.2, 0.25) is 0 Å². The first kappa shape index (κ1) is 17.0. The fourth-order valence-electron chi connectivity index (χ4n) is 2.33. The SMILES string of the molecule is CCNC(C#N)(CC)CCCSc1cc(C)cc(C)n1. The minimum Gasteiger partial charge on any atom is -0.300 e. The fraction of sp³-hybridized carbons (Fsp3) is 0.625. The zero-order chi connectivity index (χ0) is 15.0. The van der Waals surface area contributed by atoms with Crippen molar-refractivity contribution in [1.82, 2.24) is 10.3 Å². The van der Waals surface area contributed by atoms with Gasteiger partial charge >= 0.3 is 0 Å². The molecule has 110 valence electrons. The van der Waals surface area contributed by atoms with E-state index in [4.69, 9.17) is 0 Å². The molecule has 0 saturated carbocycles. The Bertz CT molecular complexity index is 447. The molecule has 0 saturated heterocycles. The summed E-state index contributed by atoms with van der Waals surface area (Å²) in [5, 5.41) is 13.8. The summed E-state index contributed by atoms with van der Waals surface area (Å²) in [6.07, 6.45) is 2.77. The number of nitriles is 1. The maximum Gasteiger partial charge on any atom is 0.106 e. The molecule has 0 fully saturated rings. The van der Waals surface area contributed by atoms with Crippen LogP contribution in [0.5, 0.6) is 0 Å². The predicted octanol–water partition coefficient (Wildman–Crippen LogP) is 3.85. The van der Waals surface area contributed by atoms with Crippen LogP contribution < -0.4 is 5.32 Å². The number of hydrogen-bond acceptors (Lipinski definition) is 4. The summed E-state index contributed by atoms with van der Waals surface area (Å²) in [5.41, 5.74) is 1.97. The molecule has 4 heteroatoms. The second kappa shape index (κ2) is 8.28. The van der Waals surface area contributed by atoms with E-state index in [1.54, 1.807) is 11.8 Å². The normalized spacial score (nSPS) is 13.8. The molecule has 0 spiro atoms. The molecule has 0 aliphatic rings. The molecule has 1 heterocycles. The zero-order valence-corrected chi connectivity index (χ0v) is 13.8. The quantitative estimate of drug-likeness (QED) is 0.584. The van der Waals surface area contributed by atoms with Gasteiger partial charge in [-0.05, 0) is 63.1 Å². The summed E-state index contributed by atoms with van der Waals surface area (Å²) in [5.74, 6) is 1.00. The lowest BCUT2D eigenvalue weighted by atomic mass is 9.92. The summed E-state index contributed by atoms with van der Waals surface area (Å²) in [7, 11) is 0. The van der Waals surface area contributed by atoms with Gasteiger partial charge in [0.25, 0.3) is 0 Å². The van der Waals surface area contributed by atoms with Crippen LogP contribution in [0.3, 0.4) is 0 Å². The van der Waals surface area contributed by atoms with Crippen molar-refractivity contribution < 1.29 is 0 Å². The summed E-state index contributed by atoms with van der Waals surface area (Å²) in [6.45, 7) is 9.09. The van der Waals surface area contributed by atoms with Gasteiger partial charge in [-0.1, -0.05) is 13.8 Å². The summed E-state index contributed by atoms with van der Waals surface area (Å²) in [4.78, 5) is 4.53. The van der Waals surface area contributed by atoms with Crippen LogP contribution >= 0.6 is 11.8 Å². The van der Waals surface area contributed by atoms with Crippen molar-refractivity contribution in [2.24, 2.45) is 0 Å². The van der Waals surface area contributed by atoms with Gasteiger partial charge in [-0.3, -0.25) is 5.32 Å². The van der Waals surface area contributed by atoms with E-state index >= 15 is 0 Å². The van der Waals surface area contributed by atoms with E-state index in [2.05, 4.69) is 49.3 Å². The number of nitrogens with one attached hydrogen (secondary N) is 1. The number of aromatic nitrogens is 1. The average molecular weight is 291 g/mol. The Labute approximate surface area is 127 Å². The first-order valence-electron chi connectivity index (χ1n) is 7.29. The minimum absolute atomic E-state index is 0.356. The van der Waals surface area contributed by atoms with Crippen molar-refractivity contribution in [3.63, 3.8) is 0 Å². The molecule has 3 nitrogen and oxygen atoms in total. The van der Waals surface area contributed by atoms with Crippen molar-refractivity contribution in [2.75, 3.05) is 12.3 Å². The van der Waals surface area contributed by atoms with Crippen LogP contribution in [0.1, 0.15) is 44.4 Å². The highest BCUT2D eigenvalue weighted by atomic mass is 32.2. The molecule has 0 amide bonds. The van der Waals surface area contributed by atoms with Gasteiger partial charge in [0.1, 0.15) is 5.54 Å². The molecule has 0 aliphatic carbocycles. The molecule has 0 aromatic carbocycles. The second-order valence-electron chi connectivity index (χ2n) is 5.15. The van der Waals surface area contributed by atoms with Gasteiger partial charge in [0.15, 0.2) is 0 Å². The molecule has 1 N–H and O–H groups in total. The van der Waals surface area contributed by atoms with Crippen LogP contribution in [0.25, 0.3) is 0 Å². The van der Waals surface area contributed by atoms with Gasteiger partial charge in [-0.25, -0.2) is 4.98 Å². The van der Waals surface area contributed by atoms with Crippen LogP contribution in [-0.2, 0) is 0 Å². The Hall–Kier alpha value is -1.05. The lowest BCUT2D eigenvalue weighted by molar-refractivity contribution is 0.379. The zero-order valence-electron chi connectivity index (χ0n) is 13.0.